The van der Waals surface area contributed by atoms with Crippen LogP contribution in [0.3, 0.4) is 0 Å². The molecule has 0 saturated carbocycles. The summed E-state index contributed by atoms with van der Waals surface area (Å²) >= 11 is 1.45. The summed E-state index contributed by atoms with van der Waals surface area (Å²) in [5.74, 6) is 0.0568. The summed E-state index contributed by atoms with van der Waals surface area (Å²) in [6.07, 6.45) is 0.823. The quantitative estimate of drug-likeness (QED) is 0.595. The summed E-state index contributed by atoms with van der Waals surface area (Å²) in [6, 6.07) is 24.0. The fourth-order valence-corrected chi connectivity index (χ4v) is 4.29. The topological polar surface area (TPSA) is 40.6 Å². The van der Waals surface area contributed by atoms with Crippen LogP contribution in [0.5, 0.6) is 0 Å². The average molecular weight is 405 g/mol. The average Bonchev–Trinajstić information content (AvgIpc) is 3.26. The van der Waals surface area contributed by atoms with E-state index < -0.39 is 0 Å². The minimum Gasteiger partial charge on any atom is -0.338 e. The van der Waals surface area contributed by atoms with Gasteiger partial charge in [0.05, 0.1) is 10.8 Å². The van der Waals surface area contributed by atoms with E-state index in [-0.39, 0.29) is 17.7 Å². The van der Waals surface area contributed by atoms with Gasteiger partial charge in [0.2, 0.25) is 5.91 Å². The van der Waals surface area contributed by atoms with Crippen LogP contribution in [-0.4, -0.2) is 41.2 Å². The summed E-state index contributed by atoms with van der Waals surface area (Å²) in [6.45, 7) is 2.29. The van der Waals surface area contributed by atoms with Crippen LogP contribution in [0.25, 0.3) is 0 Å². The molecule has 148 valence electrons. The van der Waals surface area contributed by atoms with Gasteiger partial charge in [0.25, 0.3) is 5.91 Å². The van der Waals surface area contributed by atoms with Gasteiger partial charge >= 0.3 is 0 Å². The third-order valence-electron chi connectivity index (χ3n) is 5.29. The van der Waals surface area contributed by atoms with Crippen LogP contribution >= 0.6 is 11.3 Å². The molecule has 2 aromatic carbocycles. The number of hydrogen-bond donors (Lipinski definition) is 0. The molecule has 0 unspecified atom stereocenters. The predicted octanol–water partition coefficient (Wildman–Crippen LogP) is 4.09. The lowest BCUT2D eigenvalue weighted by molar-refractivity contribution is -0.140. The van der Waals surface area contributed by atoms with Crippen LogP contribution in [0.2, 0.25) is 0 Å². The molecule has 2 heterocycles. The van der Waals surface area contributed by atoms with Gasteiger partial charge in [0.15, 0.2) is 0 Å². The minimum atomic E-state index is -0.113. The van der Waals surface area contributed by atoms with Crippen molar-refractivity contribution in [3.63, 3.8) is 0 Å². The summed E-state index contributed by atoms with van der Waals surface area (Å²) < 4.78 is 0. The number of hydrogen-bond acceptors (Lipinski definition) is 3. The van der Waals surface area contributed by atoms with Gasteiger partial charge in [0.1, 0.15) is 0 Å². The molecule has 0 aliphatic carbocycles. The molecule has 3 aromatic rings. The van der Waals surface area contributed by atoms with Crippen molar-refractivity contribution in [1.29, 1.82) is 0 Å². The van der Waals surface area contributed by atoms with Crippen molar-refractivity contribution in [2.24, 2.45) is 5.92 Å². The summed E-state index contributed by atoms with van der Waals surface area (Å²) in [5, 5.41) is 1.90. The summed E-state index contributed by atoms with van der Waals surface area (Å²) in [4.78, 5) is 30.1. The van der Waals surface area contributed by atoms with Crippen LogP contribution < -0.4 is 0 Å². The van der Waals surface area contributed by atoms with E-state index in [4.69, 9.17) is 0 Å². The lowest BCUT2D eigenvalue weighted by atomic mass is 9.97. The van der Waals surface area contributed by atoms with Crippen molar-refractivity contribution in [3.05, 3.63) is 94.2 Å². The molecule has 1 aliphatic heterocycles. The Morgan fingerprint density at radius 1 is 0.897 bits per heavy atom. The largest absolute Gasteiger partial charge is 0.338 e. The highest BCUT2D eigenvalue weighted by atomic mass is 32.1. The van der Waals surface area contributed by atoms with Crippen molar-refractivity contribution in [2.45, 2.75) is 13.0 Å². The van der Waals surface area contributed by atoms with Crippen molar-refractivity contribution >= 4 is 23.2 Å². The first kappa shape index (κ1) is 19.4. The Balaban J connectivity index is 1.40. The van der Waals surface area contributed by atoms with E-state index in [0.717, 1.165) is 16.9 Å². The zero-order chi connectivity index (χ0) is 20.1. The van der Waals surface area contributed by atoms with Gasteiger partial charge in [-0.2, -0.15) is 0 Å². The molecule has 1 fully saturated rings. The Hall–Kier alpha value is -2.92. The second-order valence-electron chi connectivity index (χ2n) is 7.37. The first-order valence-electron chi connectivity index (χ1n) is 9.90. The Morgan fingerprint density at radius 3 is 2.17 bits per heavy atom. The standard InChI is InChI=1S/C24H24N2O2S/c27-23(21-17-26(18-21)24(28)22-12-7-15-29-22)25(16-20-10-5-2-6-11-20)14-13-19-8-3-1-4-9-19/h1-12,15,21H,13-14,16-18H2. The molecular weight excluding hydrogens is 380 g/mol. The number of likely N-dealkylation sites (tertiary alicyclic amines) is 1. The molecule has 2 amide bonds. The van der Waals surface area contributed by atoms with Crippen LogP contribution in [0, 0.1) is 5.92 Å². The van der Waals surface area contributed by atoms with Crippen molar-refractivity contribution in [3.8, 4) is 0 Å². The summed E-state index contributed by atoms with van der Waals surface area (Å²) in [7, 11) is 0. The van der Waals surface area contributed by atoms with E-state index in [2.05, 4.69) is 24.3 Å². The molecule has 0 radical (unpaired) electrons. The zero-order valence-electron chi connectivity index (χ0n) is 16.2. The van der Waals surface area contributed by atoms with Gasteiger partial charge in [-0.1, -0.05) is 66.7 Å². The molecular formula is C24H24N2O2S. The molecule has 4 rings (SSSR count). The molecule has 0 atom stereocenters. The maximum absolute atomic E-state index is 13.2. The fraction of sp³-hybridized carbons (Fsp3) is 0.250. The van der Waals surface area contributed by atoms with Crippen molar-refractivity contribution in [2.75, 3.05) is 19.6 Å². The van der Waals surface area contributed by atoms with Gasteiger partial charge < -0.3 is 9.80 Å². The molecule has 29 heavy (non-hydrogen) atoms. The molecule has 1 aromatic heterocycles. The second kappa shape index (κ2) is 9.05. The van der Waals surface area contributed by atoms with Crippen LogP contribution in [-0.2, 0) is 17.8 Å². The molecule has 1 aliphatic rings. The van der Waals surface area contributed by atoms with E-state index in [1.165, 1.54) is 16.9 Å². The van der Waals surface area contributed by atoms with Gasteiger partial charge in [-0.05, 0) is 29.0 Å². The number of thiophene rings is 1. The van der Waals surface area contributed by atoms with Crippen LogP contribution in [0.15, 0.2) is 78.2 Å². The highest BCUT2D eigenvalue weighted by Crippen LogP contribution is 2.23. The van der Waals surface area contributed by atoms with E-state index in [1.54, 1.807) is 4.90 Å². The number of nitrogens with zero attached hydrogens (tertiary/aromatic N) is 2. The lowest BCUT2D eigenvalue weighted by Gasteiger charge is -2.40. The maximum Gasteiger partial charge on any atom is 0.263 e. The van der Waals surface area contributed by atoms with E-state index >= 15 is 0 Å². The molecule has 0 spiro atoms. The molecule has 0 bridgehead atoms. The normalized spacial score (nSPS) is 13.7. The highest BCUT2D eigenvalue weighted by molar-refractivity contribution is 7.12. The highest BCUT2D eigenvalue weighted by Gasteiger charge is 2.38. The predicted molar refractivity (Wildman–Crippen MR) is 116 cm³/mol. The first-order valence-corrected chi connectivity index (χ1v) is 10.8. The van der Waals surface area contributed by atoms with Crippen molar-refractivity contribution < 1.29 is 9.59 Å². The number of benzene rings is 2. The number of amides is 2. The third kappa shape index (κ3) is 4.74. The molecule has 1 saturated heterocycles. The van der Waals surface area contributed by atoms with Crippen LogP contribution in [0.1, 0.15) is 20.8 Å². The van der Waals surface area contributed by atoms with Crippen LogP contribution in [0.4, 0.5) is 0 Å². The molecule has 4 nitrogen and oxygen atoms in total. The first-order chi connectivity index (χ1) is 14.2. The van der Waals surface area contributed by atoms with E-state index in [9.17, 15) is 9.59 Å². The fourth-order valence-electron chi connectivity index (χ4n) is 3.59. The Kier molecular flexibility index (Phi) is 6.06. The molecule has 5 heteroatoms. The van der Waals surface area contributed by atoms with Gasteiger partial charge in [-0.3, -0.25) is 9.59 Å². The lowest BCUT2D eigenvalue weighted by Crippen LogP contribution is -2.56. The number of carbonyl (C=O) groups excluding carboxylic acids is 2. The minimum absolute atomic E-state index is 0.0305. The second-order valence-corrected chi connectivity index (χ2v) is 8.31. The smallest absolute Gasteiger partial charge is 0.263 e. The third-order valence-corrected chi connectivity index (χ3v) is 6.15. The molecule has 0 N–H and O–H groups in total. The monoisotopic (exact) mass is 404 g/mol. The van der Waals surface area contributed by atoms with Crippen molar-refractivity contribution in [1.82, 2.24) is 9.80 Å². The Morgan fingerprint density at radius 2 is 1.55 bits per heavy atom. The van der Waals surface area contributed by atoms with Gasteiger partial charge in [-0.25, -0.2) is 0 Å². The summed E-state index contributed by atoms with van der Waals surface area (Å²) in [5.41, 5.74) is 2.35. The number of carbonyl (C=O) groups is 2. The zero-order valence-corrected chi connectivity index (χ0v) is 17.1. The Bertz CT molecular complexity index is 936. The maximum atomic E-state index is 13.2. The van der Waals surface area contributed by atoms with E-state index in [1.807, 2.05) is 58.8 Å². The number of rotatable bonds is 7. The van der Waals surface area contributed by atoms with E-state index in [0.29, 0.717) is 26.2 Å². The SMILES string of the molecule is O=C(c1cccs1)N1CC(C(=O)N(CCc2ccccc2)Cc2ccccc2)C1. The van der Waals surface area contributed by atoms with Gasteiger partial charge in [-0.15, -0.1) is 11.3 Å². The van der Waals surface area contributed by atoms with Gasteiger partial charge in [0, 0.05) is 26.2 Å². The Labute approximate surface area is 175 Å².